The second kappa shape index (κ2) is 7.38. The number of likely N-dealkylation sites (N-methyl/N-ethyl adjacent to an activating group) is 1. The van der Waals surface area contributed by atoms with E-state index in [-0.39, 0.29) is 11.8 Å². The molecule has 0 radical (unpaired) electrons. The minimum Gasteiger partial charge on any atom is -0.340 e. The van der Waals surface area contributed by atoms with Crippen LogP contribution in [0.15, 0.2) is 24.3 Å². The van der Waals surface area contributed by atoms with E-state index in [1.807, 2.05) is 17.0 Å². The monoisotopic (exact) mass is 304 g/mol. The van der Waals surface area contributed by atoms with Crippen LogP contribution < -0.4 is 11.1 Å². The van der Waals surface area contributed by atoms with Crippen molar-refractivity contribution in [3.8, 4) is 0 Å². The highest BCUT2D eigenvalue weighted by Crippen LogP contribution is 2.12. The van der Waals surface area contributed by atoms with Gasteiger partial charge in [0.1, 0.15) is 0 Å². The Hall–Kier alpha value is -1.92. The normalized spacial score (nSPS) is 17.1. The number of hydrogen-bond donors (Lipinski definition) is 2. The molecule has 0 saturated carbocycles. The average Bonchev–Trinajstić information content (AvgIpc) is 2.49. The molecule has 0 aromatic heterocycles. The van der Waals surface area contributed by atoms with Gasteiger partial charge in [-0.15, -0.1) is 0 Å². The van der Waals surface area contributed by atoms with Gasteiger partial charge in [-0.2, -0.15) is 0 Å². The number of hydrogen-bond acceptors (Lipinski definition) is 4. The van der Waals surface area contributed by atoms with Gasteiger partial charge in [-0.3, -0.25) is 9.59 Å². The lowest BCUT2D eigenvalue weighted by molar-refractivity contribution is -0.132. The summed E-state index contributed by atoms with van der Waals surface area (Å²) in [5.41, 5.74) is 7.15. The molecule has 1 aromatic carbocycles. The number of amides is 2. The van der Waals surface area contributed by atoms with Crippen molar-refractivity contribution in [3.05, 3.63) is 29.8 Å². The summed E-state index contributed by atoms with van der Waals surface area (Å²) in [6.07, 6.45) is 0.394. The maximum atomic E-state index is 12.2. The van der Waals surface area contributed by atoms with Crippen LogP contribution in [0.1, 0.15) is 12.5 Å². The number of nitrogens with zero attached hydrogens (tertiary/aromatic N) is 2. The third-order valence-electron chi connectivity index (χ3n) is 3.85. The minimum absolute atomic E-state index is 0.153. The standard InChI is InChI=1S/C16H24N4O2/c1-12(17)16(22)18-14-5-3-13(4-6-14)11-15(21)20-9-7-19(2)8-10-20/h3-6,12H,7-11,17H2,1-2H3,(H,18,22)/t12-/m1/s1. The van der Waals surface area contributed by atoms with Gasteiger partial charge in [0.15, 0.2) is 0 Å². The molecule has 2 rings (SSSR count). The van der Waals surface area contributed by atoms with Gasteiger partial charge >= 0.3 is 0 Å². The fourth-order valence-corrected chi connectivity index (χ4v) is 2.30. The van der Waals surface area contributed by atoms with Crippen LogP contribution in [-0.2, 0) is 16.0 Å². The maximum absolute atomic E-state index is 12.2. The van der Waals surface area contributed by atoms with E-state index in [0.29, 0.717) is 12.1 Å². The Bertz CT molecular complexity index is 519. The zero-order chi connectivity index (χ0) is 16.1. The van der Waals surface area contributed by atoms with E-state index in [4.69, 9.17) is 5.73 Å². The van der Waals surface area contributed by atoms with Gasteiger partial charge in [0.25, 0.3) is 0 Å². The summed E-state index contributed by atoms with van der Waals surface area (Å²) in [5.74, 6) is -0.0678. The number of nitrogens with one attached hydrogen (secondary N) is 1. The summed E-state index contributed by atoms with van der Waals surface area (Å²) < 4.78 is 0. The van der Waals surface area contributed by atoms with E-state index in [9.17, 15) is 9.59 Å². The fraction of sp³-hybridized carbons (Fsp3) is 0.500. The van der Waals surface area contributed by atoms with Gasteiger partial charge in [0.2, 0.25) is 11.8 Å². The predicted molar refractivity (Wildman–Crippen MR) is 86.5 cm³/mol. The molecule has 1 aliphatic heterocycles. The van der Waals surface area contributed by atoms with Crippen LogP contribution in [-0.4, -0.2) is 60.9 Å². The number of nitrogens with two attached hydrogens (primary N) is 1. The van der Waals surface area contributed by atoms with Crippen LogP contribution in [0.5, 0.6) is 0 Å². The van der Waals surface area contributed by atoms with Crippen molar-refractivity contribution in [3.63, 3.8) is 0 Å². The highest BCUT2D eigenvalue weighted by molar-refractivity contribution is 5.94. The van der Waals surface area contributed by atoms with E-state index in [2.05, 4.69) is 17.3 Å². The van der Waals surface area contributed by atoms with Gasteiger partial charge in [-0.05, 0) is 31.7 Å². The summed E-state index contributed by atoms with van der Waals surface area (Å²) in [6.45, 7) is 5.07. The molecule has 3 N–H and O–H groups in total. The molecule has 1 aliphatic rings. The molecule has 1 aromatic rings. The third-order valence-corrected chi connectivity index (χ3v) is 3.85. The Balaban J connectivity index is 1.88. The van der Waals surface area contributed by atoms with Gasteiger partial charge in [-0.25, -0.2) is 0 Å². The van der Waals surface area contributed by atoms with E-state index in [1.54, 1.807) is 19.1 Å². The Morgan fingerprint density at radius 1 is 1.18 bits per heavy atom. The van der Waals surface area contributed by atoms with Crippen molar-refractivity contribution in [1.29, 1.82) is 0 Å². The number of rotatable bonds is 4. The average molecular weight is 304 g/mol. The SMILES string of the molecule is C[C@@H](N)C(=O)Nc1ccc(CC(=O)N2CCN(C)CC2)cc1. The smallest absolute Gasteiger partial charge is 0.240 e. The largest absolute Gasteiger partial charge is 0.340 e. The van der Waals surface area contributed by atoms with E-state index < -0.39 is 6.04 Å². The zero-order valence-corrected chi connectivity index (χ0v) is 13.2. The summed E-state index contributed by atoms with van der Waals surface area (Å²) in [5, 5.41) is 2.73. The number of anilines is 1. The van der Waals surface area contributed by atoms with Crippen molar-refractivity contribution < 1.29 is 9.59 Å². The highest BCUT2D eigenvalue weighted by Gasteiger charge is 2.19. The van der Waals surface area contributed by atoms with E-state index >= 15 is 0 Å². The Kier molecular flexibility index (Phi) is 5.51. The lowest BCUT2D eigenvalue weighted by atomic mass is 10.1. The third kappa shape index (κ3) is 4.54. The molecule has 22 heavy (non-hydrogen) atoms. The Morgan fingerprint density at radius 2 is 1.77 bits per heavy atom. The molecule has 0 unspecified atom stereocenters. The van der Waals surface area contributed by atoms with Crippen LogP contribution in [0.25, 0.3) is 0 Å². The van der Waals surface area contributed by atoms with Crippen molar-refractivity contribution >= 4 is 17.5 Å². The summed E-state index contributed by atoms with van der Waals surface area (Å²) in [7, 11) is 2.07. The number of piperazine rings is 1. The van der Waals surface area contributed by atoms with Crippen LogP contribution in [0.4, 0.5) is 5.69 Å². The second-order valence-corrected chi connectivity index (χ2v) is 5.84. The molecule has 2 amide bonds. The first-order valence-corrected chi connectivity index (χ1v) is 7.57. The quantitative estimate of drug-likeness (QED) is 0.838. The molecular weight excluding hydrogens is 280 g/mol. The lowest BCUT2D eigenvalue weighted by Crippen LogP contribution is -2.47. The first-order valence-electron chi connectivity index (χ1n) is 7.57. The Morgan fingerprint density at radius 3 is 2.32 bits per heavy atom. The second-order valence-electron chi connectivity index (χ2n) is 5.84. The summed E-state index contributed by atoms with van der Waals surface area (Å²) >= 11 is 0. The molecule has 0 bridgehead atoms. The Labute approximate surface area is 131 Å². The van der Waals surface area contributed by atoms with Crippen LogP contribution in [0.2, 0.25) is 0 Å². The molecular formula is C16H24N4O2. The summed E-state index contributed by atoms with van der Waals surface area (Å²) in [6, 6.07) is 6.79. The predicted octanol–water partition coefficient (Wildman–Crippen LogP) is 0.289. The summed E-state index contributed by atoms with van der Waals surface area (Å²) in [4.78, 5) is 27.9. The fourth-order valence-electron chi connectivity index (χ4n) is 2.30. The first-order chi connectivity index (χ1) is 10.5. The molecule has 6 heteroatoms. The number of carbonyl (C=O) groups excluding carboxylic acids is 2. The van der Waals surface area contributed by atoms with Crippen molar-refractivity contribution in [1.82, 2.24) is 9.80 Å². The minimum atomic E-state index is -0.543. The first kappa shape index (κ1) is 16.5. The molecule has 0 aliphatic carbocycles. The molecule has 1 atom stereocenters. The van der Waals surface area contributed by atoms with Gasteiger partial charge in [0, 0.05) is 31.9 Å². The topological polar surface area (TPSA) is 78.7 Å². The zero-order valence-electron chi connectivity index (χ0n) is 13.2. The van der Waals surface area contributed by atoms with Gasteiger partial charge in [-0.1, -0.05) is 12.1 Å². The van der Waals surface area contributed by atoms with Crippen molar-refractivity contribution in [2.45, 2.75) is 19.4 Å². The molecule has 1 fully saturated rings. The molecule has 0 spiro atoms. The van der Waals surface area contributed by atoms with E-state index in [0.717, 1.165) is 31.7 Å². The molecule has 6 nitrogen and oxygen atoms in total. The number of carbonyl (C=O) groups is 2. The highest BCUT2D eigenvalue weighted by atomic mass is 16.2. The number of benzene rings is 1. The van der Waals surface area contributed by atoms with Gasteiger partial charge in [0.05, 0.1) is 12.5 Å². The van der Waals surface area contributed by atoms with Crippen LogP contribution in [0.3, 0.4) is 0 Å². The lowest BCUT2D eigenvalue weighted by Gasteiger charge is -2.32. The molecule has 1 heterocycles. The maximum Gasteiger partial charge on any atom is 0.240 e. The van der Waals surface area contributed by atoms with Crippen molar-refractivity contribution in [2.24, 2.45) is 5.73 Å². The van der Waals surface area contributed by atoms with Crippen LogP contribution >= 0.6 is 0 Å². The van der Waals surface area contributed by atoms with Crippen LogP contribution in [0, 0.1) is 0 Å². The molecule has 1 saturated heterocycles. The van der Waals surface area contributed by atoms with Gasteiger partial charge < -0.3 is 20.9 Å². The molecule has 120 valence electrons. The van der Waals surface area contributed by atoms with E-state index in [1.165, 1.54) is 0 Å². The van der Waals surface area contributed by atoms with Crippen molar-refractivity contribution in [2.75, 3.05) is 38.5 Å².